The summed E-state index contributed by atoms with van der Waals surface area (Å²) in [7, 11) is 0. The van der Waals surface area contributed by atoms with Gasteiger partial charge in [-0.15, -0.1) is 0 Å². The Morgan fingerprint density at radius 3 is 1.81 bits per heavy atom. The molecule has 146 valence electrons. The van der Waals surface area contributed by atoms with Gasteiger partial charge >= 0.3 is 5.97 Å². The summed E-state index contributed by atoms with van der Waals surface area (Å²) in [5.74, 6) is -0.719. The Balaban J connectivity index is 2.27. The van der Waals surface area contributed by atoms with Crippen molar-refractivity contribution in [2.45, 2.75) is 84.7 Å². The number of unbranched alkanes of at least 4 members (excludes halogenated alkanes) is 2. The van der Waals surface area contributed by atoms with E-state index < -0.39 is 11.4 Å². The van der Waals surface area contributed by atoms with Crippen LogP contribution in [0.4, 0.5) is 0 Å². The quantitative estimate of drug-likeness (QED) is 0.388. The van der Waals surface area contributed by atoms with Gasteiger partial charge in [0, 0.05) is 0 Å². The third-order valence-electron chi connectivity index (χ3n) is 4.98. The maximum absolute atomic E-state index is 11.1. The fourth-order valence-electron chi connectivity index (χ4n) is 2.94. The van der Waals surface area contributed by atoms with Gasteiger partial charge in [0.2, 0.25) is 0 Å². The van der Waals surface area contributed by atoms with Gasteiger partial charge in [-0.2, -0.15) is 0 Å². The standard InChI is InChI=1S/C22H34O4/c1-21(2,20(24)25)15-7-5-9-18-11-13-19(14-12-18)10-6-8-16-22(3,4)26-17-23/h11-14,17H,5-10,15-16H2,1-4H3,(H,24,25). The molecule has 0 aliphatic heterocycles. The number of rotatable bonds is 13. The lowest BCUT2D eigenvalue weighted by Crippen LogP contribution is -2.23. The Hall–Kier alpha value is -1.84. The summed E-state index contributed by atoms with van der Waals surface area (Å²) in [6.07, 6.45) is 7.66. The average molecular weight is 363 g/mol. The van der Waals surface area contributed by atoms with Gasteiger partial charge < -0.3 is 9.84 Å². The normalized spacial score (nSPS) is 12.0. The van der Waals surface area contributed by atoms with E-state index in [0.717, 1.165) is 44.9 Å². The third kappa shape index (κ3) is 8.50. The molecule has 0 saturated heterocycles. The summed E-state index contributed by atoms with van der Waals surface area (Å²) in [4.78, 5) is 21.5. The van der Waals surface area contributed by atoms with E-state index in [0.29, 0.717) is 12.9 Å². The Kier molecular flexibility index (Phi) is 8.83. The van der Waals surface area contributed by atoms with Crippen LogP contribution in [-0.4, -0.2) is 23.1 Å². The number of carbonyl (C=O) groups excluding carboxylic acids is 1. The minimum absolute atomic E-state index is 0.374. The minimum atomic E-state index is -0.719. The van der Waals surface area contributed by atoms with Crippen LogP contribution in [0.15, 0.2) is 24.3 Å². The van der Waals surface area contributed by atoms with Crippen LogP contribution in [0.25, 0.3) is 0 Å². The Morgan fingerprint density at radius 1 is 0.923 bits per heavy atom. The smallest absolute Gasteiger partial charge is 0.309 e. The second kappa shape index (κ2) is 10.3. The monoisotopic (exact) mass is 362 g/mol. The van der Waals surface area contributed by atoms with Crippen molar-refractivity contribution in [3.8, 4) is 0 Å². The van der Waals surface area contributed by atoms with E-state index in [1.54, 1.807) is 13.8 Å². The predicted octanol–water partition coefficient (Wildman–Crippen LogP) is 5.17. The Morgan fingerprint density at radius 2 is 1.38 bits per heavy atom. The first-order valence-corrected chi connectivity index (χ1v) is 9.59. The van der Waals surface area contributed by atoms with Crippen LogP contribution in [0.2, 0.25) is 0 Å². The first-order chi connectivity index (χ1) is 12.2. The fraction of sp³-hybridized carbons (Fsp3) is 0.636. The van der Waals surface area contributed by atoms with Crippen molar-refractivity contribution in [3.05, 3.63) is 35.4 Å². The minimum Gasteiger partial charge on any atom is -0.481 e. The van der Waals surface area contributed by atoms with Crippen molar-refractivity contribution in [3.63, 3.8) is 0 Å². The molecule has 4 heteroatoms. The molecule has 0 atom stereocenters. The van der Waals surface area contributed by atoms with E-state index in [-0.39, 0.29) is 5.60 Å². The molecule has 0 amide bonds. The van der Waals surface area contributed by atoms with E-state index in [1.807, 2.05) is 13.8 Å². The number of hydrogen-bond donors (Lipinski definition) is 1. The maximum atomic E-state index is 11.1. The lowest BCUT2D eigenvalue weighted by molar-refractivity contribution is -0.147. The SMILES string of the molecule is CC(C)(CCCCc1ccc(CCCCC(C)(C)C(=O)O)cc1)OC=O. The van der Waals surface area contributed by atoms with Crippen LogP contribution in [0, 0.1) is 5.41 Å². The molecule has 26 heavy (non-hydrogen) atoms. The van der Waals surface area contributed by atoms with Crippen molar-refractivity contribution in [2.24, 2.45) is 5.41 Å². The van der Waals surface area contributed by atoms with Crippen LogP contribution >= 0.6 is 0 Å². The molecule has 1 N–H and O–H groups in total. The highest BCUT2D eigenvalue weighted by molar-refractivity contribution is 5.73. The largest absolute Gasteiger partial charge is 0.481 e. The molecule has 0 aromatic heterocycles. The van der Waals surface area contributed by atoms with Crippen molar-refractivity contribution in [1.29, 1.82) is 0 Å². The molecule has 0 unspecified atom stereocenters. The Bertz CT molecular complexity index is 558. The molecule has 0 bridgehead atoms. The highest BCUT2D eigenvalue weighted by Gasteiger charge is 2.25. The summed E-state index contributed by atoms with van der Waals surface area (Å²) < 4.78 is 5.06. The fourth-order valence-corrected chi connectivity index (χ4v) is 2.94. The van der Waals surface area contributed by atoms with Crippen LogP contribution in [0.3, 0.4) is 0 Å². The summed E-state index contributed by atoms with van der Waals surface area (Å²) >= 11 is 0. The number of carbonyl (C=O) groups is 2. The number of carboxylic acid groups (broad SMARTS) is 1. The zero-order valence-corrected chi connectivity index (χ0v) is 16.7. The second-order valence-corrected chi connectivity index (χ2v) is 8.39. The van der Waals surface area contributed by atoms with Gasteiger partial charge in [0.1, 0.15) is 5.60 Å². The van der Waals surface area contributed by atoms with E-state index >= 15 is 0 Å². The molecule has 0 heterocycles. The number of aliphatic carboxylic acids is 1. The van der Waals surface area contributed by atoms with Gasteiger partial charge in [0.05, 0.1) is 5.41 Å². The third-order valence-corrected chi connectivity index (χ3v) is 4.98. The van der Waals surface area contributed by atoms with Gasteiger partial charge in [0.25, 0.3) is 6.47 Å². The van der Waals surface area contributed by atoms with Gasteiger partial charge in [0.15, 0.2) is 0 Å². The van der Waals surface area contributed by atoms with Crippen LogP contribution in [0.5, 0.6) is 0 Å². The molecule has 1 aromatic carbocycles. The van der Waals surface area contributed by atoms with E-state index in [9.17, 15) is 9.59 Å². The summed E-state index contributed by atoms with van der Waals surface area (Å²) in [5.41, 5.74) is 1.63. The van der Waals surface area contributed by atoms with Crippen molar-refractivity contribution < 1.29 is 19.4 Å². The van der Waals surface area contributed by atoms with E-state index in [2.05, 4.69) is 24.3 Å². The van der Waals surface area contributed by atoms with E-state index in [4.69, 9.17) is 9.84 Å². The Labute approximate surface area is 158 Å². The number of aryl methyl sites for hydroxylation is 2. The van der Waals surface area contributed by atoms with Gasteiger partial charge in [-0.1, -0.05) is 30.7 Å². The molecule has 1 rings (SSSR count). The summed E-state index contributed by atoms with van der Waals surface area (Å²) in [5, 5.41) is 9.13. The molecule has 0 fully saturated rings. The predicted molar refractivity (Wildman–Crippen MR) is 104 cm³/mol. The van der Waals surface area contributed by atoms with Crippen LogP contribution < -0.4 is 0 Å². The summed E-state index contributed by atoms with van der Waals surface area (Å²) in [6.45, 7) is 7.98. The van der Waals surface area contributed by atoms with Crippen LogP contribution in [-0.2, 0) is 27.2 Å². The number of ether oxygens (including phenoxy) is 1. The number of benzene rings is 1. The first-order valence-electron chi connectivity index (χ1n) is 9.59. The van der Waals surface area contributed by atoms with Crippen LogP contribution in [0.1, 0.15) is 77.3 Å². The van der Waals surface area contributed by atoms with Crippen molar-refractivity contribution in [1.82, 2.24) is 0 Å². The number of carboxylic acids is 1. The molecule has 0 saturated carbocycles. The van der Waals surface area contributed by atoms with Gasteiger partial charge in [-0.3, -0.25) is 9.59 Å². The van der Waals surface area contributed by atoms with Gasteiger partial charge in [-0.25, -0.2) is 0 Å². The lowest BCUT2D eigenvalue weighted by Gasteiger charge is -2.22. The molecular weight excluding hydrogens is 328 g/mol. The zero-order valence-electron chi connectivity index (χ0n) is 16.7. The van der Waals surface area contributed by atoms with Crippen molar-refractivity contribution in [2.75, 3.05) is 0 Å². The lowest BCUT2D eigenvalue weighted by atomic mass is 9.87. The molecule has 4 nitrogen and oxygen atoms in total. The van der Waals surface area contributed by atoms with Crippen molar-refractivity contribution >= 4 is 12.4 Å². The highest BCUT2D eigenvalue weighted by Crippen LogP contribution is 2.24. The maximum Gasteiger partial charge on any atom is 0.309 e. The van der Waals surface area contributed by atoms with E-state index in [1.165, 1.54) is 11.1 Å². The topological polar surface area (TPSA) is 63.6 Å². The van der Waals surface area contributed by atoms with Gasteiger partial charge in [-0.05, 0) is 83.8 Å². The summed E-state index contributed by atoms with van der Waals surface area (Å²) in [6, 6.07) is 8.72. The molecule has 0 spiro atoms. The average Bonchev–Trinajstić information content (AvgIpc) is 2.56. The first kappa shape index (κ1) is 22.2. The molecule has 0 aliphatic rings. The molecule has 0 aliphatic carbocycles. The molecular formula is C22H34O4. The number of hydrogen-bond acceptors (Lipinski definition) is 3. The molecule has 1 aromatic rings. The zero-order chi connectivity index (χ0) is 19.6. The second-order valence-electron chi connectivity index (χ2n) is 8.39. The molecule has 0 radical (unpaired) electrons. The highest BCUT2D eigenvalue weighted by atomic mass is 16.5.